The first-order valence-electron chi connectivity index (χ1n) is 8.76. The second kappa shape index (κ2) is 5.74. The maximum atomic E-state index is 12.9. The lowest BCUT2D eigenvalue weighted by molar-refractivity contribution is -0.207. The van der Waals surface area contributed by atoms with Crippen molar-refractivity contribution in [3.05, 3.63) is 29.8 Å². The molecule has 2 saturated heterocycles. The third-order valence-corrected chi connectivity index (χ3v) is 6.09. The van der Waals surface area contributed by atoms with Crippen LogP contribution >= 0.6 is 0 Å². The normalized spacial score (nSPS) is 32.0. The number of benzene rings is 1. The summed E-state index contributed by atoms with van der Waals surface area (Å²) in [5, 5.41) is 0. The Morgan fingerprint density at radius 2 is 2.04 bits per heavy atom. The van der Waals surface area contributed by atoms with Crippen molar-refractivity contribution in [1.82, 2.24) is 4.90 Å². The van der Waals surface area contributed by atoms with Gasteiger partial charge in [0.05, 0.1) is 20.3 Å². The minimum Gasteiger partial charge on any atom is -0.497 e. The first-order valence-corrected chi connectivity index (χ1v) is 8.76. The minimum atomic E-state index is -0.518. The fourth-order valence-corrected chi connectivity index (χ4v) is 4.82. The third-order valence-electron chi connectivity index (χ3n) is 6.09. The Labute approximate surface area is 142 Å². The van der Waals surface area contributed by atoms with Crippen LogP contribution in [0.1, 0.15) is 31.2 Å². The zero-order valence-electron chi connectivity index (χ0n) is 14.4. The molecule has 1 spiro atoms. The van der Waals surface area contributed by atoms with Crippen molar-refractivity contribution in [3.8, 4) is 5.75 Å². The van der Waals surface area contributed by atoms with E-state index in [2.05, 4.69) is 12.1 Å². The predicted molar refractivity (Wildman–Crippen MR) is 88.9 cm³/mol. The van der Waals surface area contributed by atoms with Crippen LogP contribution in [0.3, 0.4) is 0 Å². The van der Waals surface area contributed by atoms with Crippen LogP contribution in [0.4, 0.5) is 0 Å². The molecular weight excluding hydrogens is 306 g/mol. The molecule has 1 aromatic rings. The maximum absolute atomic E-state index is 12.9. The Bertz CT molecular complexity index is 640. The van der Waals surface area contributed by atoms with Gasteiger partial charge in [0.1, 0.15) is 5.75 Å². The number of carbonyl (C=O) groups is 1. The SMILES string of the molecule is COc1cccc([C@@]23CCN(C)C(=O)[C@H]2CCC2(C3)OCCO2)c1. The summed E-state index contributed by atoms with van der Waals surface area (Å²) >= 11 is 0. The van der Waals surface area contributed by atoms with E-state index >= 15 is 0 Å². The monoisotopic (exact) mass is 331 g/mol. The van der Waals surface area contributed by atoms with Crippen molar-refractivity contribution in [2.75, 3.05) is 33.9 Å². The van der Waals surface area contributed by atoms with Crippen LogP contribution in [0.5, 0.6) is 5.75 Å². The number of methoxy groups -OCH3 is 1. The number of ether oxygens (including phenoxy) is 3. The largest absolute Gasteiger partial charge is 0.497 e. The Kier molecular flexibility index (Phi) is 3.81. The molecule has 3 fully saturated rings. The zero-order valence-corrected chi connectivity index (χ0v) is 14.4. The van der Waals surface area contributed by atoms with E-state index in [1.807, 2.05) is 24.1 Å². The highest BCUT2D eigenvalue weighted by Crippen LogP contribution is 2.54. The molecule has 24 heavy (non-hydrogen) atoms. The van der Waals surface area contributed by atoms with Gasteiger partial charge < -0.3 is 19.1 Å². The number of amides is 1. The van der Waals surface area contributed by atoms with E-state index in [0.717, 1.165) is 38.0 Å². The molecule has 1 saturated carbocycles. The van der Waals surface area contributed by atoms with Crippen LogP contribution in [0, 0.1) is 5.92 Å². The molecule has 2 atom stereocenters. The van der Waals surface area contributed by atoms with E-state index in [0.29, 0.717) is 13.2 Å². The Morgan fingerprint density at radius 3 is 2.79 bits per heavy atom. The van der Waals surface area contributed by atoms with Crippen molar-refractivity contribution in [1.29, 1.82) is 0 Å². The van der Waals surface area contributed by atoms with Crippen molar-refractivity contribution < 1.29 is 19.0 Å². The summed E-state index contributed by atoms with van der Waals surface area (Å²) in [6, 6.07) is 8.18. The Hall–Kier alpha value is -1.59. The van der Waals surface area contributed by atoms with Gasteiger partial charge in [0, 0.05) is 37.8 Å². The van der Waals surface area contributed by atoms with Gasteiger partial charge in [0.15, 0.2) is 5.79 Å². The van der Waals surface area contributed by atoms with Gasteiger partial charge >= 0.3 is 0 Å². The molecule has 0 N–H and O–H groups in total. The van der Waals surface area contributed by atoms with Crippen molar-refractivity contribution in [3.63, 3.8) is 0 Å². The number of hydrogen-bond donors (Lipinski definition) is 0. The highest BCUT2D eigenvalue weighted by atomic mass is 16.7. The lowest BCUT2D eigenvalue weighted by atomic mass is 9.57. The molecule has 5 heteroatoms. The molecule has 0 unspecified atom stereocenters. The number of nitrogens with zero attached hydrogens (tertiary/aromatic N) is 1. The lowest BCUT2D eigenvalue weighted by Gasteiger charge is -2.53. The quantitative estimate of drug-likeness (QED) is 0.835. The van der Waals surface area contributed by atoms with E-state index in [1.165, 1.54) is 5.56 Å². The van der Waals surface area contributed by atoms with Crippen LogP contribution in [-0.4, -0.2) is 50.5 Å². The summed E-state index contributed by atoms with van der Waals surface area (Å²) in [7, 11) is 3.59. The van der Waals surface area contributed by atoms with Gasteiger partial charge in [-0.05, 0) is 30.5 Å². The van der Waals surface area contributed by atoms with Gasteiger partial charge in [-0.3, -0.25) is 4.79 Å². The number of piperidine rings is 1. The second-order valence-corrected chi connectivity index (χ2v) is 7.27. The summed E-state index contributed by atoms with van der Waals surface area (Å²) in [6.07, 6.45) is 3.28. The van der Waals surface area contributed by atoms with E-state index in [9.17, 15) is 4.79 Å². The van der Waals surface area contributed by atoms with Crippen molar-refractivity contribution in [2.24, 2.45) is 5.92 Å². The molecule has 2 aliphatic heterocycles. The minimum absolute atomic E-state index is 0.0122. The first-order chi connectivity index (χ1) is 11.6. The standard InChI is InChI=1S/C19H25NO4/c1-20-9-8-18(14-4-3-5-15(12-14)22-2)13-19(23-10-11-24-19)7-6-16(18)17(20)21/h3-5,12,16H,6-11,13H2,1-2H3/t16-,18+/m1/s1. The van der Waals surface area contributed by atoms with Crippen LogP contribution in [0.25, 0.3) is 0 Å². The molecule has 3 aliphatic rings. The topological polar surface area (TPSA) is 48.0 Å². The molecule has 0 aromatic heterocycles. The highest BCUT2D eigenvalue weighted by Gasteiger charge is 2.58. The zero-order chi connectivity index (χ0) is 16.8. The van der Waals surface area contributed by atoms with Gasteiger partial charge in [-0.2, -0.15) is 0 Å². The molecular formula is C19H25NO4. The fraction of sp³-hybridized carbons (Fsp3) is 0.632. The van der Waals surface area contributed by atoms with E-state index < -0.39 is 5.79 Å². The second-order valence-electron chi connectivity index (χ2n) is 7.27. The van der Waals surface area contributed by atoms with Crippen LogP contribution in [0.15, 0.2) is 24.3 Å². The number of carbonyl (C=O) groups excluding carboxylic acids is 1. The van der Waals surface area contributed by atoms with E-state index in [1.54, 1.807) is 7.11 Å². The summed E-state index contributed by atoms with van der Waals surface area (Å²) in [4.78, 5) is 14.8. The van der Waals surface area contributed by atoms with Gasteiger partial charge in [-0.25, -0.2) is 0 Å². The van der Waals surface area contributed by atoms with Gasteiger partial charge in [-0.1, -0.05) is 12.1 Å². The number of fused-ring (bicyclic) bond motifs is 1. The lowest BCUT2D eigenvalue weighted by Crippen LogP contribution is -2.58. The van der Waals surface area contributed by atoms with Crippen LogP contribution in [0.2, 0.25) is 0 Å². The summed E-state index contributed by atoms with van der Waals surface area (Å²) in [5.41, 5.74) is 0.937. The number of rotatable bonds is 2. The molecule has 1 aromatic carbocycles. The molecule has 2 heterocycles. The average molecular weight is 331 g/mol. The molecule has 4 rings (SSSR count). The average Bonchev–Trinajstić information content (AvgIpc) is 3.06. The van der Waals surface area contributed by atoms with Gasteiger partial charge in [0.2, 0.25) is 5.91 Å². The van der Waals surface area contributed by atoms with Crippen LogP contribution in [-0.2, 0) is 19.7 Å². The van der Waals surface area contributed by atoms with E-state index in [-0.39, 0.29) is 17.2 Å². The smallest absolute Gasteiger partial charge is 0.226 e. The molecule has 0 radical (unpaired) electrons. The Balaban J connectivity index is 1.79. The third kappa shape index (κ3) is 2.33. The molecule has 1 aliphatic carbocycles. The number of likely N-dealkylation sites (tertiary alicyclic amines) is 1. The Morgan fingerprint density at radius 1 is 1.25 bits per heavy atom. The molecule has 5 nitrogen and oxygen atoms in total. The summed E-state index contributed by atoms with van der Waals surface area (Å²) in [5.74, 6) is 0.550. The molecule has 1 amide bonds. The fourth-order valence-electron chi connectivity index (χ4n) is 4.82. The van der Waals surface area contributed by atoms with E-state index in [4.69, 9.17) is 14.2 Å². The van der Waals surface area contributed by atoms with Crippen molar-refractivity contribution in [2.45, 2.75) is 36.9 Å². The summed E-state index contributed by atoms with van der Waals surface area (Å²) in [6.45, 7) is 2.06. The predicted octanol–water partition coefficient (Wildman–Crippen LogP) is 2.34. The number of hydrogen-bond acceptors (Lipinski definition) is 4. The van der Waals surface area contributed by atoms with Gasteiger partial charge in [-0.15, -0.1) is 0 Å². The molecule has 0 bridgehead atoms. The summed E-state index contributed by atoms with van der Waals surface area (Å²) < 4.78 is 17.5. The molecule has 130 valence electrons. The first kappa shape index (κ1) is 15.9. The van der Waals surface area contributed by atoms with Gasteiger partial charge in [0.25, 0.3) is 0 Å². The van der Waals surface area contributed by atoms with Crippen LogP contribution < -0.4 is 4.74 Å². The van der Waals surface area contributed by atoms with Crippen molar-refractivity contribution >= 4 is 5.91 Å². The maximum Gasteiger partial charge on any atom is 0.226 e. The highest BCUT2D eigenvalue weighted by molar-refractivity contribution is 5.82.